The fraction of sp³-hybridized carbons (Fsp3) is 0.600. The van der Waals surface area contributed by atoms with Crippen molar-refractivity contribution in [2.45, 2.75) is 26.1 Å². The van der Waals surface area contributed by atoms with Crippen molar-refractivity contribution in [3.63, 3.8) is 0 Å². The molecule has 2 unspecified atom stereocenters. The first kappa shape index (κ1) is 12.0. The molecule has 0 aliphatic carbocycles. The maximum atomic E-state index is 5.51. The van der Waals surface area contributed by atoms with E-state index in [0.717, 1.165) is 0 Å². The van der Waals surface area contributed by atoms with Crippen molar-refractivity contribution >= 4 is 0 Å². The maximum absolute atomic E-state index is 5.51. The molecule has 0 aromatic heterocycles. The average molecular weight is 186 g/mol. The largest absolute Gasteiger partial charge is 0.499 e. The van der Waals surface area contributed by atoms with Crippen LogP contribution in [0.15, 0.2) is 25.7 Å². The minimum atomic E-state index is 0.0430. The van der Waals surface area contributed by atoms with Crippen molar-refractivity contribution in [2.24, 2.45) is 0 Å². The predicted molar refractivity (Wildman–Crippen MR) is 52.3 cm³/mol. The molecule has 0 aromatic rings. The van der Waals surface area contributed by atoms with E-state index in [0.29, 0.717) is 13.2 Å². The van der Waals surface area contributed by atoms with Crippen molar-refractivity contribution in [2.75, 3.05) is 13.2 Å². The minimum absolute atomic E-state index is 0.0430. The first-order valence-corrected chi connectivity index (χ1v) is 4.31. The zero-order chi connectivity index (χ0) is 10.1. The van der Waals surface area contributed by atoms with E-state index in [2.05, 4.69) is 13.2 Å². The van der Waals surface area contributed by atoms with Gasteiger partial charge < -0.3 is 14.2 Å². The Morgan fingerprint density at radius 1 is 1.00 bits per heavy atom. The second-order valence-corrected chi connectivity index (χ2v) is 2.76. The molecule has 76 valence electrons. The Bertz CT molecular complexity index is 129. The summed E-state index contributed by atoms with van der Waals surface area (Å²) in [5.74, 6) is 0. The second-order valence-electron chi connectivity index (χ2n) is 2.76. The molecular weight excluding hydrogens is 168 g/mol. The van der Waals surface area contributed by atoms with E-state index in [4.69, 9.17) is 14.2 Å². The van der Waals surface area contributed by atoms with E-state index in [-0.39, 0.29) is 12.2 Å². The Balaban J connectivity index is 3.45. The summed E-state index contributed by atoms with van der Waals surface area (Å²) in [6.45, 7) is 11.8. The van der Waals surface area contributed by atoms with Gasteiger partial charge in [0.15, 0.2) is 0 Å². The molecule has 0 saturated carbocycles. The van der Waals surface area contributed by atoms with Crippen LogP contribution in [-0.2, 0) is 14.2 Å². The Labute approximate surface area is 80.0 Å². The number of ether oxygens (including phenoxy) is 3. The standard InChI is InChI=1S/C10H18O3/c1-5-11-7-9(3)13-10(4)8-12-6-2/h5-6,9-10H,1-2,7-8H2,3-4H3. The van der Waals surface area contributed by atoms with Crippen LogP contribution in [0.5, 0.6) is 0 Å². The van der Waals surface area contributed by atoms with Crippen LogP contribution in [0.3, 0.4) is 0 Å². The molecule has 0 heterocycles. The highest BCUT2D eigenvalue weighted by atomic mass is 16.6. The molecule has 0 bridgehead atoms. The summed E-state index contributed by atoms with van der Waals surface area (Å²) >= 11 is 0. The summed E-state index contributed by atoms with van der Waals surface area (Å²) in [5, 5.41) is 0. The van der Waals surface area contributed by atoms with Crippen molar-refractivity contribution < 1.29 is 14.2 Å². The highest BCUT2D eigenvalue weighted by molar-refractivity contribution is 4.58. The molecule has 3 nitrogen and oxygen atoms in total. The van der Waals surface area contributed by atoms with E-state index in [1.807, 2.05) is 13.8 Å². The van der Waals surface area contributed by atoms with Crippen LogP contribution in [-0.4, -0.2) is 25.4 Å². The van der Waals surface area contributed by atoms with Gasteiger partial charge in [-0.2, -0.15) is 0 Å². The molecule has 0 fully saturated rings. The smallest absolute Gasteiger partial charge is 0.113 e. The molecule has 0 saturated heterocycles. The molecule has 0 N–H and O–H groups in total. The van der Waals surface area contributed by atoms with E-state index >= 15 is 0 Å². The second kappa shape index (κ2) is 7.68. The van der Waals surface area contributed by atoms with E-state index in [1.165, 1.54) is 12.5 Å². The van der Waals surface area contributed by atoms with Crippen molar-refractivity contribution in [3.8, 4) is 0 Å². The average Bonchev–Trinajstić information content (AvgIpc) is 2.11. The SMILES string of the molecule is C=COCC(C)OC(C)COC=C. The summed E-state index contributed by atoms with van der Waals surface area (Å²) in [6, 6.07) is 0. The van der Waals surface area contributed by atoms with Gasteiger partial charge in [-0.15, -0.1) is 0 Å². The molecule has 0 aromatic carbocycles. The number of hydrogen-bond donors (Lipinski definition) is 0. The Kier molecular flexibility index (Phi) is 7.11. The highest BCUT2D eigenvalue weighted by Crippen LogP contribution is 1.99. The lowest BCUT2D eigenvalue weighted by molar-refractivity contribution is -0.0468. The quantitative estimate of drug-likeness (QED) is 0.543. The topological polar surface area (TPSA) is 27.7 Å². The summed E-state index contributed by atoms with van der Waals surface area (Å²) in [4.78, 5) is 0. The normalized spacial score (nSPS) is 14.3. The summed E-state index contributed by atoms with van der Waals surface area (Å²) in [7, 11) is 0. The zero-order valence-corrected chi connectivity index (χ0v) is 8.36. The van der Waals surface area contributed by atoms with Crippen LogP contribution in [0, 0.1) is 0 Å². The highest BCUT2D eigenvalue weighted by Gasteiger charge is 2.08. The van der Waals surface area contributed by atoms with Crippen LogP contribution in [0.1, 0.15) is 13.8 Å². The van der Waals surface area contributed by atoms with E-state index in [1.54, 1.807) is 0 Å². The van der Waals surface area contributed by atoms with Crippen molar-refractivity contribution in [1.29, 1.82) is 0 Å². The molecule has 0 spiro atoms. The van der Waals surface area contributed by atoms with Gasteiger partial charge in [-0.05, 0) is 13.8 Å². The van der Waals surface area contributed by atoms with Gasteiger partial charge in [0.05, 0.1) is 24.7 Å². The van der Waals surface area contributed by atoms with Crippen LogP contribution in [0.2, 0.25) is 0 Å². The molecule has 0 amide bonds. The van der Waals surface area contributed by atoms with Gasteiger partial charge in [0.1, 0.15) is 13.2 Å². The fourth-order valence-electron chi connectivity index (χ4n) is 0.882. The third-order valence-electron chi connectivity index (χ3n) is 1.36. The minimum Gasteiger partial charge on any atom is -0.499 e. The first-order chi connectivity index (χ1) is 6.20. The van der Waals surface area contributed by atoms with E-state index < -0.39 is 0 Å². The molecule has 2 atom stereocenters. The van der Waals surface area contributed by atoms with Gasteiger partial charge in [0.25, 0.3) is 0 Å². The lowest BCUT2D eigenvalue weighted by Crippen LogP contribution is -2.24. The molecule has 0 rings (SSSR count). The van der Waals surface area contributed by atoms with Crippen LogP contribution in [0.25, 0.3) is 0 Å². The molecular formula is C10H18O3. The van der Waals surface area contributed by atoms with Crippen LogP contribution < -0.4 is 0 Å². The van der Waals surface area contributed by atoms with Crippen LogP contribution >= 0.6 is 0 Å². The van der Waals surface area contributed by atoms with Gasteiger partial charge in [-0.25, -0.2) is 0 Å². The Morgan fingerprint density at radius 3 is 1.69 bits per heavy atom. The summed E-state index contributed by atoms with van der Waals surface area (Å²) in [5.41, 5.74) is 0. The molecule has 0 radical (unpaired) electrons. The van der Waals surface area contributed by atoms with Crippen LogP contribution in [0.4, 0.5) is 0 Å². The summed E-state index contributed by atoms with van der Waals surface area (Å²) in [6.07, 6.45) is 2.90. The van der Waals surface area contributed by atoms with E-state index in [9.17, 15) is 0 Å². The third-order valence-corrected chi connectivity index (χ3v) is 1.36. The van der Waals surface area contributed by atoms with Crippen molar-refractivity contribution in [1.82, 2.24) is 0 Å². The lowest BCUT2D eigenvalue weighted by Gasteiger charge is -2.18. The fourth-order valence-corrected chi connectivity index (χ4v) is 0.882. The monoisotopic (exact) mass is 186 g/mol. The maximum Gasteiger partial charge on any atom is 0.113 e. The van der Waals surface area contributed by atoms with Crippen molar-refractivity contribution in [3.05, 3.63) is 25.7 Å². The number of rotatable bonds is 8. The van der Waals surface area contributed by atoms with Gasteiger partial charge in [0.2, 0.25) is 0 Å². The zero-order valence-electron chi connectivity index (χ0n) is 8.36. The molecule has 0 aliphatic heterocycles. The summed E-state index contributed by atoms with van der Waals surface area (Å²) < 4.78 is 15.5. The molecule has 13 heavy (non-hydrogen) atoms. The lowest BCUT2D eigenvalue weighted by atomic mass is 10.4. The van der Waals surface area contributed by atoms with Gasteiger partial charge >= 0.3 is 0 Å². The Hall–Kier alpha value is -0.960. The number of hydrogen-bond acceptors (Lipinski definition) is 3. The predicted octanol–water partition coefficient (Wildman–Crippen LogP) is 2.10. The molecule has 3 heteroatoms. The first-order valence-electron chi connectivity index (χ1n) is 4.31. The van der Waals surface area contributed by atoms with Gasteiger partial charge in [0, 0.05) is 0 Å². The van der Waals surface area contributed by atoms with Gasteiger partial charge in [-0.3, -0.25) is 0 Å². The third kappa shape index (κ3) is 7.40. The van der Waals surface area contributed by atoms with Gasteiger partial charge in [-0.1, -0.05) is 13.2 Å². The molecule has 0 aliphatic rings. The Morgan fingerprint density at radius 2 is 1.38 bits per heavy atom.